The highest BCUT2D eigenvalue weighted by atomic mass is 19.1. The van der Waals surface area contributed by atoms with Gasteiger partial charge in [-0.15, -0.1) is 0 Å². The maximum absolute atomic E-state index is 14.1. The Kier molecular flexibility index (Phi) is 5.73. The number of hydrogen-bond acceptors (Lipinski definition) is 6. The number of nitrogens with one attached hydrogen (secondary N) is 4. The molecule has 3 heterocycles. The summed E-state index contributed by atoms with van der Waals surface area (Å²) < 4.78 is 29.6. The predicted molar refractivity (Wildman–Crippen MR) is 125 cm³/mol. The predicted octanol–water partition coefficient (Wildman–Crippen LogP) is 2.48. The molecular weight excluding hydrogens is 456 g/mol. The third kappa shape index (κ3) is 4.13. The van der Waals surface area contributed by atoms with Gasteiger partial charge >= 0.3 is 0 Å². The van der Waals surface area contributed by atoms with E-state index in [1.54, 1.807) is 13.0 Å². The molecule has 0 spiro atoms. The molecule has 0 bridgehead atoms. The Bertz CT molecular complexity index is 1300. The fraction of sp³-hybridized carbons (Fsp3) is 0.292. The Morgan fingerprint density at radius 3 is 2.54 bits per heavy atom. The first-order valence-electron chi connectivity index (χ1n) is 11.2. The molecule has 3 atom stereocenters. The number of benzene rings is 2. The maximum Gasteiger partial charge on any atom is 0.262 e. The van der Waals surface area contributed by atoms with Crippen LogP contribution in [0.15, 0.2) is 42.5 Å². The van der Waals surface area contributed by atoms with E-state index >= 15 is 0 Å². The molecule has 2 saturated heterocycles. The largest absolute Gasteiger partial charge is 0.321 e. The van der Waals surface area contributed by atoms with Crippen LogP contribution >= 0.6 is 0 Å². The van der Waals surface area contributed by atoms with Gasteiger partial charge in [0.2, 0.25) is 5.91 Å². The number of nitrogens with zero attached hydrogens (tertiary/aromatic N) is 3. The van der Waals surface area contributed by atoms with Crippen molar-refractivity contribution >= 4 is 23.3 Å². The lowest BCUT2D eigenvalue weighted by Gasteiger charge is -2.37. The molecule has 5 rings (SSSR count). The molecule has 35 heavy (non-hydrogen) atoms. The van der Waals surface area contributed by atoms with Crippen LogP contribution in [0.2, 0.25) is 0 Å². The molecular formula is C24H25F2N7O2. The van der Waals surface area contributed by atoms with Crippen LogP contribution in [0.3, 0.4) is 0 Å². The molecule has 1 aromatic heterocycles. The first-order valence-corrected chi connectivity index (χ1v) is 11.2. The van der Waals surface area contributed by atoms with Crippen LogP contribution in [0, 0.1) is 38.3 Å². The number of halogens is 2. The van der Waals surface area contributed by atoms with E-state index in [1.807, 2.05) is 37.1 Å². The molecule has 0 radical (unpaired) electrons. The van der Waals surface area contributed by atoms with E-state index in [9.17, 15) is 18.4 Å². The second kappa shape index (κ2) is 8.75. The van der Waals surface area contributed by atoms with Crippen molar-refractivity contribution in [1.82, 2.24) is 25.8 Å². The van der Waals surface area contributed by atoms with Gasteiger partial charge in [0.1, 0.15) is 29.2 Å². The van der Waals surface area contributed by atoms with Gasteiger partial charge in [-0.1, -0.05) is 12.1 Å². The molecule has 3 aromatic rings. The van der Waals surface area contributed by atoms with Crippen molar-refractivity contribution in [2.75, 3.05) is 16.9 Å². The highest BCUT2D eigenvalue weighted by molar-refractivity contribution is 6.04. The van der Waals surface area contributed by atoms with Gasteiger partial charge in [-0.2, -0.15) is 5.10 Å². The summed E-state index contributed by atoms with van der Waals surface area (Å²) in [5.74, 6) is -3.29. The summed E-state index contributed by atoms with van der Waals surface area (Å²) in [7, 11) is 0. The molecule has 3 unspecified atom stereocenters. The summed E-state index contributed by atoms with van der Waals surface area (Å²) in [5.41, 5.74) is 6.32. The summed E-state index contributed by atoms with van der Waals surface area (Å²) in [6, 6.07) is 10.8. The van der Waals surface area contributed by atoms with Crippen molar-refractivity contribution in [3.63, 3.8) is 0 Å². The highest BCUT2D eigenvalue weighted by Gasteiger charge is 2.45. The third-order valence-corrected chi connectivity index (χ3v) is 6.39. The van der Waals surface area contributed by atoms with Crippen LogP contribution in [0.1, 0.15) is 33.5 Å². The summed E-state index contributed by atoms with van der Waals surface area (Å²) in [6.07, 6.45) is -1.21. The number of fused-ring (bicyclic) bond motifs is 1. The van der Waals surface area contributed by atoms with Gasteiger partial charge in [0, 0.05) is 12.6 Å². The summed E-state index contributed by atoms with van der Waals surface area (Å²) in [4.78, 5) is 25.6. The Hall–Kier alpha value is -3.83. The molecule has 2 aromatic carbocycles. The second-order valence-electron chi connectivity index (χ2n) is 8.80. The van der Waals surface area contributed by atoms with Crippen molar-refractivity contribution in [3.05, 3.63) is 76.5 Å². The Morgan fingerprint density at radius 2 is 1.83 bits per heavy atom. The van der Waals surface area contributed by atoms with Gasteiger partial charge in [0.15, 0.2) is 6.29 Å². The van der Waals surface area contributed by atoms with Crippen molar-refractivity contribution in [2.24, 2.45) is 5.92 Å². The normalized spacial score (nSPS) is 21.6. The molecule has 182 valence electrons. The minimum atomic E-state index is -0.974. The zero-order valence-corrected chi connectivity index (χ0v) is 19.4. The summed E-state index contributed by atoms with van der Waals surface area (Å²) in [5, 5.41) is 15.1. The smallest absolute Gasteiger partial charge is 0.262 e. The van der Waals surface area contributed by atoms with Gasteiger partial charge in [0.25, 0.3) is 5.91 Å². The zero-order valence-electron chi connectivity index (χ0n) is 19.4. The lowest BCUT2D eigenvalue weighted by Crippen LogP contribution is -2.61. The molecule has 9 nitrogen and oxygen atoms in total. The maximum atomic E-state index is 14.1. The van der Waals surface area contributed by atoms with E-state index < -0.39 is 35.6 Å². The Morgan fingerprint density at radius 1 is 1.09 bits per heavy atom. The standard InChI is InChI=1S/C24H25F2N7O2/c1-12-7-8-15(9-13(12)2)32-21-16(11-27-32)22(34)30-24(29-21)33-19(10-14(3)31-33)28-23(35)20-17(25)5-4-6-18(20)26/h4-10,16,21,24,27,29H,11H2,1-3H3,(H,28,35)(H,30,34). The number of hydrogen-bond donors (Lipinski definition) is 4. The molecule has 4 N–H and O–H groups in total. The molecule has 0 aliphatic carbocycles. The molecule has 2 amide bonds. The number of amides is 2. The lowest BCUT2D eigenvalue weighted by atomic mass is 10.0. The van der Waals surface area contributed by atoms with Crippen LogP contribution in [0.5, 0.6) is 0 Å². The first-order chi connectivity index (χ1) is 16.7. The minimum Gasteiger partial charge on any atom is -0.321 e. The van der Waals surface area contributed by atoms with E-state index in [1.165, 1.54) is 10.7 Å². The Balaban J connectivity index is 1.42. The molecule has 11 heteroatoms. The SMILES string of the molecule is Cc1cc(NC(=O)c2c(F)cccc2F)n(C2NC(=O)C3CNN(c4ccc(C)c(C)c4)C3N2)n1. The summed E-state index contributed by atoms with van der Waals surface area (Å²) >= 11 is 0. The number of rotatable bonds is 4. The number of carbonyl (C=O) groups is 2. The van der Waals surface area contributed by atoms with Crippen molar-refractivity contribution in [2.45, 2.75) is 33.2 Å². The summed E-state index contributed by atoms with van der Waals surface area (Å²) in [6.45, 7) is 6.21. The van der Waals surface area contributed by atoms with Gasteiger partial charge in [0.05, 0.1) is 17.3 Å². The van der Waals surface area contributed by atoms with E-state index in [0.29, 0.717) is 12.2 Å². The zero-order chi connectivity index (χ0) is 24.9. The lowest BCUT2D eigenvalue weighted by molar-refractivity contribution is -0.129. The van der Waals surface area contributed by atoms with Crippen molar-refractivity contribution < 1.29 is 18.4 Å². The molecule has 2 aliphatic heterocycles. The van der Waals surface area contributed by atoms with E-state index in [-0.39, 0.29) is 17.6 Å². The van der Waals surface area contributed by atoms with E-state index in [4.69, 9.17) is 0 Å². The fourth-order valence-electron chi connectivity index (χ4n) is 4.42. The topological polar surface area (TPSA) is 103 Å². The van der Waals surface area contributed by atoms with Crippen molar-refractivity contribution in [1.29, 1.82) is 0 Å². The van der Waals surface area contributed by atoms with Crippen LogP contribution in [-0.2, 0) is 4.79 Å². The fourth-order valence-corrected chi connectivity index (χ4v) is 4.42. The van der Waals surface area contributed by atoms with Crippen LogP contribution < -0.4 is 26.4 Å². The van der Waals surface area contributed by atoms with Crippen LogP contribution in [0.4, 0.5) is 20.3 Å². The van der Waals surface area contributed by atoms with Crippen LogP contribution in [-0.4, -0.2) is 34.3 Å². The second-order valence-corrected chi connectivity index (χ2v) is 8.80. The molecule has 2 fully saturated rings. The quantitative estimate of drug-likeness (QED) is 0.457. The van der Waals surface area contributed by atoms with Crippen molar-refractivity contribution in [3.8, 4) is 0 Å². The first kappa shape index (κ1) is 22.9. The minimum absolute atomic E-state index is 0.176. The van der Waals surface area contributed by atoms with Gasteiger partial charge in [-0.3, -0.25) is 19.9 Å². The number of aromatic nitrogens is 2. The average Bonchev–Trinajstić information content (AvgIpc) is 3.39. The number of aryl methyl sites for hydroxylation is 3. The van der Waals surface area contributed by atoms with Gasteiger partial charge in [-0.05, 0) is 56.2 Å². The van der Waals surface area contributed by atoms with Gasteiger partial charge < -0.3 is 10.6 Å². The number of anilines is 2. The highest BCUT2D eigenvalue weighted by Crippen LogP contribution is 2.29. The monoisotopic (exact) mass is 481 g/mol. The van der Waals surface area contributed by atoms with Crippen LogP contribution in [0.25, 0.3) is 0 Å². The van der Waals surface area contributed by atoms with E-state index in [0.717, 1.165) is 28.9 Å². The number of hydrazine groups is 1. The third-order valence-electron chi connectivity index (χ3n) is 6.39. The number of carbonyl (C=O) groups excluding carboxylic acids is 2. The molecule has 0 saturated carbocycles. The van der Waals surface area contributed by atoms with E-state index in [2.05, 4.69) is 26.5 Å². The Labute approximate surface area is 200 Å². The average molecular weight is 482 g/mol. The molecule has 2 aliphatic rings. The van der Waals surface area contributed by atoms with Gasteiger partial charge in [-0.25, -0.2) is 18.9 Å².